The van der Waals surface area contributed by atoms with Gasteiger partial charge < -0.3 is 5.11 Å². The van der Waals surface area contributed by atoms with Crippen LogP contribution in [0.25, 0.3) is 17.0 Å². The topological polar surface area (TPSA) is 84.1 Å². The number of hydrogen-bond donors (Lipinski definition) is 1. The average Bonchev–Trinajstić information content (AvgIpc) is 3.20. The normalized spacial score (nSPS) is 15.1. The van der Waals surface area contributed by atoms with Gasteiger partial charge in [-0.1, -0.05) is 6.58 Å². The Morgan fingerprint density at radius 2 is 1.91 bits per heavy atom. The molecule has 0 bridgehead atoms. The van der Waals surface area contributed by atoms with E-state index < -0.39 is 18.3 Å². The number of pyridine rings is 2. The Morgan fingerprint density at radius 3 is 2.55 bits per heavy atom. The first-order chi connectivity index (χ1) is 15.3. The molecule has 0 aliphatic carbocycles. The van der Waals surface area contributed by atoms with Gasteiger partial charge in [0.15, 0.2) is 0 Å². The van der Waals surface area contributed by atoms with Gasteiger partial charge in [0.1, 0.15) is 12.3 Å². The number of carbonyl (C=O) groups is 1. The maximum atomic E-state index is 13.3. The summed E-state index contributed by atoms with van der Waals surface area (Å²) in [5, 5.41) is 13.6. The Balaban J connectivity index is 1.79. The molecule has 3 aromatic rings. The van der Waals surface area contributed by atoms with Gasteiger partial charge in [-0.05, 0) is 45.4 Å². The lowest BCUT2D eigenvalue weighted by Crippen LogP contribution is -2.39. The van der Waals surface area contributed by atoms with Crippen molar-refractivity contribution in [3.8, 4) is 11.3 Å². The van der Waals surface area contributed by atoms with Gasteiger partial charge in [0, 0.05) is 29.2 Å². The molecule has 1 N–H and O–H groups in total. The van der Waals surface area contributed by atoms with Crippen LogP contribution in [0.5, 0.6) is 0 Å². The second-order valence-electron chi connectivity index (χ2n) is 8.56. The van der Waals surface area contributed by atoms with E-state index in [1.165, 1.54) is 17.3 Å². The third-order valence-corrected chi connectivity index (χ3v) is 5.68. The van der Waals surface area contributed by atoms with E-state index in [-0.39, 0.29) is 17.4 Å². The molecule has 4 heterocycles. The van der Waals surface area contributed by atoms with Crippen LogP contribution in [0.15, 0.2) is 37.3 Å². The van der Waals surface area contributed by atoms with Crippen LogP contribution in [0.2, 0.25) is 0 Å². The summed E-state index contributed by atoms with van der Waals surface area (Å²) in [4.78, 5) is 23.8. The number of halogens is 3. The Bertz CT molecular complexity index is 1290. The largest absolute Gasteiger partial charge is 0.508 e. The van der Waals surface area contributed by atoms with Crippen LogP contribution in [-0.4, -0.2) is 36.9 Å². The molecule has 1 aliphatic heterocycles. The molecule has 0 saturated carbocycles. The predicted molar refractivity (Wildman–Crippen MR) is 117 cm³/mol. The van der Waals surface area contributed by atoms with E-state index in [0.717, 1.165) is 4.68 Å². The minimum Gasteiger partial charge on any atom is -0.508 e. The third-order valence-electron chi connectivity index (χ3n) is 5.68. The van der Waals surface area contributed by atoms with Crippen LogP contribution >= 0.6 is 0 Å². The van der Waals surface area contributed by atoms with Crippen molar-refractivity contribution < 1.29 is 23.1 Å². The first-order valence-corrected chi connectivity index (χ1v) is 10.1. The fraction of sp³-hybridized carbons (Fsp3) is 0.304. The summed E-state index contributed by atoms with van der Waals surface area (Å²) >= 11 is 0. The van der Waals surface area contributed by atoms with E-state index in [9.17, 15) is 23.1 Å². The van der Waals surface area contributed by atoms with Gasteiger partial charge in [-0.2, -0.15) is 18.3 Å². The zero-order valence-electron chi connectivity index (χ0n) is 18.5. The van der Waals surface area contributed by atoms with Gasteiger partial charge in [0.05, 0.1) is 34.4 Å². The lowest BCUT2D eigenvalue weighted by molar-refractivity contribution is -0.142. The number of anilines is 1. The van der Waals surface area contributed by atoms with E-state index in [1.54, 1.807) is 46.0 Å². The SMILES string of the molecule is C=C(O)c1cc(-c2cc(C)c3c(n2)C(C)(C)N(c2cnn(CC(F)(F)F)c2)C3=O)cnc1C. The smallest absolute Gasteiger partial charge is 0.408 e. The number of aromatic nitrogens is 4. The summed E-state index contributed by atoms with van der Waals surface area (Å²) in [6, 6.07) is 3.47. The lowest BCUT2D eigenvalue weighted by Gasteiger charge is -2.30. The van der Waals surface area contributed by atoms with E-state index in [1.807, 2.05) is 0 Å². The average molecular weight is 457 g/mol. The third kappa shape index (κ3) is 3.85. The van der Waals surface area contributed by atoms with Crippen LogP contribution in [0, 0.1) is 13.8 Å². The number of rotatable bonds is 4. The van der Waals surface area contributed by atoms with Crippen molar-refractivity contribution in [1.29, 1.82) is 0 Å². The molecule has 0 unspecified atom stereocenters. The van der Waals surface area contributed by atoms with Crippen molar-refractivity contribution in [2.24, 2.45) is 0 Å². The van der Waals surface area contributed by atoms with Crippen molar-refractivity contribution in [2.45, 2.75) is 46.0 Å². The predicted octanol–water partition coefficient (Wildman–Crippen LogP) is 4.94. The molecule has 3 aromatic heterocycles. The maximum Gasteiger partial charge on any atom is 0.408 e. The van der Waals surface area contributed by atoms with Gasteiger partial charge in [-0.25, -0.2) is 4.98 Å². The van der Waals surface area contributed by atoms with Gasteiger partial charge in [-0.3, -0.25) is 19.4 Å². The van der Waals surface area contributed by atoms with Crippen LogP contribution in [0.3, 0.4) is 0 Å². The molecule has 10 heteroatoms. The number of aliphatic hydroxyl groups excluding tert-OH is 1. The highest BCUT2D eigenvalue weighted by Crippen LogP contribution is 2.43. The summed E-state index contributed by atoms with van der Waals surface area (Å²) < 4.78 is 39.0. The van der Waals surface area contributed by atoms with Crippen molar-refractivity contribution in [1.82, 2.24) is 19.7 Å². The monoisotopic (exact) mass is 457 g/mol. The number of aryl methyl sites for hydroxylation is 2. The second kappa shape index (κ2) is 7.43. The molecule has 0 fully saturated rings. The highest BCUT2D eigenvalue weighted by atomic mass is 19.4. The first-order valence-electron chi connectivity index (χ1n) is 10.1. The van der Waals surface area contributed by atoms with Crippen LogP contribution in [0.1, 0.15) is 46.7 Å². The highest BCUT2D eigenvalue weighted by molar-refractivity contribution is 6.12. The summed E-state index contributed by atoms with van der Waals surface area (Å²) in [6.07, 6.45) is -0.349. The van der Waals surface area contributed by atoms with E-state index in [4.69, 9.17) is 4.98 Å². The zero-order chi connectivity index (χ0) is 24.3. The standard InChI is InChI=1S/C23H22F3N5O2/c1-12-6-18(15-7-17(14(3)32)13(2)27-8-15)29-20-19(12)21(33)31(22(20,4)5)16-9-28-30(10-16)11-23(24,25)26/h6-10,32H,3,11H2,1-2,4-5H3. The lowest BCUT2D eigenvalue weighted by atomic mass is 9.95. The molecule has 1 amide bonds. The zero-order valence-corrected chi connectivity index (χ0v) is 18.5. The van der Waals surface area contributed by atoms with Gasteiger partial charge in [0.2, 0.25) is 0 Å². The molecular weight excluding hydrogens is 435 g/mol. The van der Waals surface area contributed by atoms with E-state index in [2.05, 4.69) is 16.7 Å². The number of amides is 1. The van der Waals surface area contributed by atoms with E-state index >= 15 is 0 Å². The molecule has 4 rings (SSSR count). The molecule has 0 spiro atoms. The van der Waals surface area contributed by atoms with Crippen molar-refractivity contribution in [3.63, 3.8) is 0 Å². The van der Waals surface area contributed by atoms with Gasteiger partial charge >= 0.3 is 6.18 Å². The summed E-state index contributed by atoms with van der Waals surface area (Å²) in [6.45, 7) is 9.41. The number of hydrogen-bond acceptors (Lipinski definition) is 5. The maximum absolute atomic E-state index is 13.3. The Morgan fingerprint density at radius 1 is 1.21 bits per heavy atom. The number of fused-ring (bicyclic) bond motifs is 1. The quantitative estimate of drug-likeness (QED) is 0.561. The molecule has 7 nitrogen and oxygen atoms in total. The number of aliphatic hydroxyl groups is 1. The molecule has 0 atom stereocenters. The van der Waals surface area contributed by atoms with Crippen LogP contribution in [0.4, 0.5) is 18.9 Å². The summed E-state index contributed by atoms with van der Waals surface area (Å²) in [7, 11) is 0. The second-order valence-corrected chi connectivity index (χ2v) is 8.56. The van der Waals surface area contributed by atoms with Crippen molar-refractivity contribution in [2.75, 3.05) is 4.90 Å². The van der Waals surface area contributed by atoms with Crippen LogP contribution < -0.4 is 4.90 Å². The summed E-state index contributed by atoms with van der Waals surface area (Å²) in [5.41, 5.74) is 3.17. The molecular formula is C23H22F3N5O2. The number of carbonyl (C=O) groups excluding carboxylic acids is 1. The minimum atomic E-state index is -4.43. The minimum absolute atomic E-state index is 0.114. The summed E-state index contributed by atoms with van der Waals surface area (Å²) in [5.74, 6) is -0.471. The molecule has 33 heavy (non-hydrogen) atoms. The molecule has 0 aromatic carbocycles. The van der Waals surface area contributed by atoms with Crippen molar-refractivity contribution >= 4 is 17.4 Å². The fourth-order valence-electron chi connectivity index (χ4n) is 4.15. The van der Waals surface area contributed by atoms with Gasteiger partial charge in [0.25, 0.3) is 5.91 Å². The molecule has 0 radical (unpaired) electrons. The number of alkyl halides is 3. The molecule has 1 aliphatic rings. The molecule has 172 valence electrons. The van der Waals surface area contributed by atoms with E-state index in [0.29, 0.717) is 39.3 Å². The Hall–Kier alpha value is -3.69. The Labute approximate surface area is 188 Å². The van der Waals surface area contributed by atoms with Gasteiger partial charge in [-0.15, -0.1) is 0 Å². The van der Waals surface area contributed by atoms with Crippen molar-refractivity contribution in [3.05, 3.63) is 65.4 Å². The first kappa shape index (κ1) is 22.5. The highest BCUT2D eigenvalue weighted by Gasteiger charge is 2.47. The fourth-order valence-corrected chi connectivity index (χ4v) is 4.15. The number of nitrogens with zero attached hydrogens (tertiary/aromatic N) is 5. The molecule has 0 saturated heterocycles. The van der Waals surface area contributed by atoms with Crippen LogP contribution in [-0.2, 0) is 12.1 Å². The Kier molecular flexibility index (Phi) is 5.07.